The van der Waals surface area contributed by atoms with Crippen molar-refractivity contribution in [2.75, 3.05) is 7.05 Å². The second-order valence-electron chi connectivity index (χ2n) is 4.11. The van der Waals surface area contributed by atoms with Crippen LogP contribution in [0.25, 0.3) is 5.70 Å². The van der Waals surface area contributed by atoms with Crippen molar-refractivity contribution in [3.8, 4) is 12.3 Å². The highest BCUT2D eigenvalue weighted by atomic mass is 15.1. The molecule has 0 bridgehead atoms. The van der Waals surface area contributed by atoms with E-state index in [-0.39, 0.29) is 0 Å². The van der Waals surface area contributed by atoms with Gasteiger partial charge in [0.25, 0.3) is 0 Å². The number of terminal acetylenes is 1. The first-order valence-electron chi connectivity index (χ1n) is 5.52. The smallest absolute Gasteiger partial charge is 0.0512 e. The Labute approximate surface area is 103 Å². The summed E-state index contributed by atoms with van der Waals surface area (Å²) in [7, 11) is 2.00. The van der Waals surface area contributed by atoms with Gasteiger partial charge in [-0.2, -0.15) is 0 Å². The minimum Gasteiger partial charge on any atom is -0.343 e. The van der Waals surface area contributed by atoms with Gasteiger partial charge in [0.15, 0.2) is 0 Å². The number of rotatable bonds is 1. The fraction of sp³-hybridized carbons (Fsp3) is 0.125. The normalized spacial score (nSPS) is 15.7. The van der Waals surface area contributed by atoms with Crippen molar-refractivity contribution < 1.29 is 0 Å². The van der Waals surface area contributed by atoms with Gasteiger partial charge in [-0.3, -0.25) is 0 Å². The van der Waals surface area contributed by atoms with Gasteiger partial charge in [0.05, 0.1) is 5.70 Å². The molecule has 2 rings (SSSR count). The maximum absolute atomic E-state index is 5.47. The van der Waals surface area contributed by atoms with Crippen LogP contribution in [0.4, 0.5) is 0 Å². The molecule has 0 atom stereocenters. The number of benzene rings is 1. The maximum Gasteiger partial charge on any atom is 0.0512 e. The van der Waals surface area contributed by atoms with E-state index in [9.17, 15) is 0 Å². The molecule has 0 radical (unpaired) electrons. The zero-order valence-electron chi connectivity index (χ0n) is 10.2. The lowest BCUT2D eigenvalue weighted by atomic mass is 9.98. The summed E-state index contributed by atoms with van der Waals surface area (Å²) in [6.45, 7) is 6.11. The third-order valence-electron chi connectivity index (χ3n) is 2.99. The standard InChI is InChI=1S/C16H15N/c1-5-14-11-12(2)16(17(4)13(14)3)15-9-7-6-8-10-15/h1,6-11H,3H2,2,4H3. The lowest BCUT2D eigenvalue weighted by Crippen LogP contribution is -2.20. The Hall–Kier alpha value is -2.20. The van der Waals surface area contributed by atoms with Crippen LogP contribution in [0.3, 0.4) is 0 Å². The molecule has 0 fully saturated rings. The molecule has 1 aromatic rings. The average molecular weight is 221 g/mol. The highest BCUT2D eigenvalue weighted by molar-refractivity contribution is 5.75. The molecule has 1 heterocycles. The topological polar surface area (TPSA) is 3.24 Å². The lowest BCUT2D eigenvalue weighted by molar-refractivity contribution is 0.604. The molecular formula is C16H15N. The molecule has 1 aliphatic rings. The molecule has 0 unspecified atom stereocenters. The third-order valence-corrected chi connectivity index (χ3v) is 2.99. The van der Waals surface area contributed by atoms with E-state index >= 15 is 0 Å². The number of hydrogen-bond donors (Lipinski definition) is 0. The molecule has 0 spiro atoms. The van der Waals surface area contributed by atoms with Crippen LogP contribution in [0, 0.1) is 12.3 Å². The Kier molecular flexibility index (Phi) is 2.89. The van der Waals surface area contributed by atoms with Gasteiger partial charge in [-0.15, -0.1) is 6.42 Å². The highest BCUT2D eigenvalue weighted by Crippen LogP contribution is 2.32. The zero-order chi connectivity index (χ0) is 12.4. The molecule has 17 heavy (non-hydrogen) atoms. The zero-order valence-corrected chi connectivity index (χ0v) is 10.2. The first-order chi connectivity index (χ1) is 8.15. The van der Waals surface area contributed by atoms with Crippen molar-refractivity contribution in [1.82, 2.24) is 4.90 Å². The first-order valence-corrected chi connectivity index (χ1v) is 5.52. The molecule has 0 saturated heterocycles. The van der Waals surface area contributed by atoms with E-state index < -0.39 is 0 Å². The van der Waals surface area contributed by atoms with Crippen LogP contribution in [0.2, 0.25) is 0 Å². The number of hydrogen-bond acceptors (Lipinski definition) is 1. The van der Waals surface area contributed by atoms with E-state index in [1.54, 1.807) is 0 Å². The molecule has 0 aliphatic carbocycles. The van der Waals surface area contributed by atoms with Crippen LogP contribution in [-0.2, 0) is 0 Å². The third kappa shape index (κ3) is 1.90. The van der Waals surface area contributed by atoms with Gasteiger partial charge in [-0.05, 0) is 24.1 Å². The minimum absolute atomic E-state index is 0.852. The predicted molar refractivity (Wildman–Crippen MR) is 72.9 cm³/mol. The molecule has 1 aromatic carbocycles. The van der Waals surface area contributed by atoms with Crippen LogP contribution < -0.4 is 0 Å². The van der Waals surface area contributed by atoms with Gasteiger partial charge in [0, 0.05) is 18.3 Å². The van der Waals surface area contributed by atoms with Gasteiger partial charge in [0.1, 0.15) is 0 Å². The van der Waals surface area contributed by atoms with Crippen LogP contribution in [0.5, 0.6) is 0 Å². The fourth-order valence-electron chi connectivity index (χ4n) is 2.09. The fourth-order valence-corrected chi connectivity index (χ4v) is 2.09. The number of allylic oxidation sites excluding steroid dienone is 3. The summed E-state index contributed by atoms with van der Waals surface area (Å²) < 4.78 is 0. The van der Waals surface area contributed by atoms with Crippen LogP contribution >= 0.6 is 0 Å². The number of nitrogens with zero attached hydrogens (tertiary/aromatic N) is 1. The van der Waals surface area contributed by atoms with Crippen molar-refractivity contribution in [2.24, 2.45) is 0 Å². The van der Waals surface area contributed by atoms with E-state index in [4.69, 9.17) is 6.42 Å². The predicted octanol–water partition coefficient (Wildman–Crippen LogP) is 3.44. The summed E-state index contributed by atoms with van der Waals surface area (Å²) in [4.78, 5) is 2.06. The van der Waals surface area contributed by atoms with Crippen molar-refractivity contribution in [3.63, 3.8) is 0 Å². The maximum atomic E-state index is 5.47. The van der Waals surface area contributed by atoms with Gasteiger partial charge in [-0.1, -0.05) is 42.8 Å². The summed E-state index contributed by atoms with van der Waals surface area (Å²) in [6, 6.07) is 10.3. The Balaban J connectivity index is 2.58. The van der Waals surface area contributed by atoms with Gasteiger partial charge in [0.2, 0.25) is 0 Å². The second-order valence-corrected chi connectivity index (χ2v) is 4.11. The lowest BCUT2D eigenvalue weighted by Gasteiger charge is -2.30. The molecule has 84 valence electrons. The van der Waals surface area contributed by atoms with Crippen LogP contribution in [0.15, 0.2) is 59.8 Å². The van der Waals surface area contributed by atoms with Crippen molar-refractivity contribution in [2.45, 2.75) is 6.92 Å². The summed E-state index contributed by atoms with van der Waals surface area (Å²) in [5.41, 5.74) is 5.23. The van der Waals surface area contributed by atoms with E-state index in [2.05, 4.69) is 36.5 Å². The van der Waals surface area contributed by atoms with E-state index in [0.29, 0.717) is 0 Å². The highest BCUT2D eigenvalue weighted by Gasteiger charge is 2.19. The van der Waals surface area contributed by atoms with Crippen LogP contribution in [-0.4, -0.2) is 11.9 Å². The second kappa shape index (κ2) is 4.35. The molecule has 1 aliphatic heterocycles. The monoisotopic (exact) mass is 221 g/mol. The summed E-state index contributed by atoms with van der Waals surface area (Å²) >= 11 is 0. The SMILES string of the molecule is C#CC1=CC(C)=C(c2ccccc2)N(C)C1=C. The van der Waals surface area contributed by atoms with Gasteiger partial charge < -0.3 is 4.90 Å². The van der Waals surface area contributed by atoms with Crippen molar-refractivity contribution >= 4 is 5.70 Å². The average Bonchev–Trinajstić information content (AvgIpc) is 2.35. The Morgan fingerprint density at radius 2 is 1.88 bits per heavy atom. The quantitative estimate of drug-likeness (QED) is 0.657. The molecular weight excluding hydrogens is 206 g/mol. The Bertz CT molecular complexity index is 553. The summed E-state index contributed by atoms with van der Waals surface area (Å²) in [5.74, 6) is 2.67. The molecule has 1 heteroatoms. The largest absolute Gasteiger partial charge is 0.343 e. The molecule has 0 aromatic heterocycles. The van der Waals surface area contributed by atoms with Gasteiger partial charge >= 0.3 is 0 Å². The van der Waals surface area contributed by atoms with Gasteiger partial charge in [-0.25, -0.2) is 0 Å². The first kappa shape index (κ1) is 11.3. The number of likely N-dealkylation sites (N-methyl/N-ethyl adjacent to an activating group) is 1. The van der Waals surface area contributed by atoms with Crippen LogP contribution in [0.1, 0.15) is 12.5 Å². The van der Waals surface area contributed by atoms with Crippen molar-refractivity contribution in [3.05, 3.63) is 65.4 Å². The Morgan fingerprint density at radius 1 is 1.24 bits per heavy atom. The van der Waals surface area contributed by atoms with Crippen molar-refractivity contribution in [1.29, 1.82) is 0 Å². The molecule has 0 saturated carbocycles. The molecule has 0 amide bonds. The minimum atomic E-state index is 0.852. The van der Waals surface area contributed by atoms with E-state index in [1.807, 2.05) is 31.3 Å². The molecule has 0 N–H and O–H groups in total. The van der Waals surface area contributed by atoms with E-state index in [0.717, 1.165) is 17.0 Å². The van der Waals surface area contributed by atoms with E-state index in [1.165, 1.54) is 11.1 Å². The summed E-state index contributed by atoms with van der Waals surface area (Å²) in [5, 5.41) is 0. The molecule has 1 nitrogen and oxygen atoms in total. The Morgan fingerprint density at radius 3 is 2.47 bits per heavy atom. The summed E-state index contributed by atoms with van der Waals surface area (Å²) in [6.07, 6.45) is 7.49.